The Balaban J connectivity index is 2.38. The minimum Gasteiger partial charge on any atom is -0.396 e. The molecule has 0 bridgehead atoms. The Morgan fingerprint density at radius 2 is 2.19 bits per heavy atom. The van der Waals surface area contributed by atoms with Crippen LogP contribution in [-0.2, 0) is 0 Å². The molecule has 0 fully saturated rings. The summed E-state index contributed by atoms with van der Waals surface area (Å²) in [7, 11) is 1.91. The highest BCUT2D eigenvalue weighted by molar-refractivity contribution is 9.10. The molecule has 2 rings (SSSR count). The average Bonchev–Trinajstić information content (AvgIpc) is 2.29. The molecule has 0 atom stereocenters. The minimum atomic E-state index is 0.626. The molecule has 0 aliphatic heterocycles. The van der Waals surface area contributed by atoms with Gasteiger partial charge in [-0.2, -0.15) is 0 Å². The van der Waals surface area contributed by atoms with Crippen LogP contribution in [0.1, 0.15) is 0 Å². The monoisotopic (exact) mass is 278 g/mol. The fraction of sp³-hybridized carbons (Fsp3) is 0.0909. The summed E-state index contributed by atoms with van der Waals surface area (Å²) in [5.74, 6) is 0.719. The van der Waals surface area contributed by atoms with Gasteiger partial charge < -0.3 is 10.6 Å². The lowest BCUT2D eigenvalue weighted by Crippen LogP contribution is -2.13. The van der Waals surface area contributed by atoms with Crippen LogP contribution in [0.3, 0.4) is 0 Å². The largest absolute Gasteiger partial charge is 0.396 e. The summed E-state index contributed by atoms with van der Waals surface area (Å²) in [6, 6.07) is 5.66. The number of pyridine rings is 2. The highest BCUT2D eigenvalue weighted by Gasteiger charge is 2.09. The van der Waals surface area contributed by atoms with Gasteiger partial charge in [0, 0.05) is 23.9 Å². The van der Waals surface area contributed by atoms with E-state index in [1.54, 1.807) is 18.6 Å². The molecule has 0 saturated carbocycles. The van der Waals surface area contributed by atoms with Crippen LogP contribution in [0, 0.1) is 0 Å². The lowest BCUT2D eigenvalue weighted by atomic mass is 10.3. The van der Waals surface area contributed by atoms with Gasteiger partial charge in [0.1, 0.15) is 0 Å². The summed E-state index contributed by atoms with van der Waals surface area (Å²) in [6.07, 6.45) is 5.22. The maximum absolute atomic E-state index is 5.91. The maximum atomic E-state index is 5.91. The van der Waals surface area contributed by atoms with E-state index in [-0.39, 0.29) is 0 Å². The Hall–Kier alpha value is -1.62. The summed E-state index contributed by atoms with van der Waals surface area (Å²) in [5.41, 5.74) is 7.48. The van der Waals surface area contributed by atoms with E-state index in [1.807, 2.05) is 30.1 Å². The highest BCUT2D eigenvalue weighted by atomic mass is 79.9. The van der Waals surface area contributed by atoms with Crippen molar-refractivity contribution in [2.75, 3.05) is 17.7 Å². The fourth-order valence-corrected chi connectivity index (χ4v) is 1.75. The van der Waals surface area contributed by atoms with E-state index in [4.69, 9.17) is 5.73 Å². The molecular formula is C11H11BrN4. The lowest BCUT2D eigenvalue weighted by molar-refractivity contribution is 1.11. The zero-order valence-corrected chi connectivity index (χ0v) is 10.3. The Kier molecular flexibility index (Phi) is 3.05. The van der Waals surface area contributed by atoms with Gasteiger partial charge in [-0.1, -0.05) is 0 Å². The quantitative estimate of drug-likeness (QED) is 0.918. The number of nitrogens with two attached hydrogens (primary N) is 1. The van der Waals surface area contributed by atoms with Gasteiger partial charge in [0.2, 0.25) is 0 Å². The lowest BCUT2D eigenvalue weighted by Gasteiger charge is -2.19. The first-order valence-electron chi connectivity index (χ1n) is 4.73. The molecule has 0 aromatic carbocycles. The SMILES string of the molecule is CN(c1cccnc1)c1ncc(Br)cc1N. The van der Waals surface area contributed by atoms with Crippen LogP contribution in [0.25, 0.3) is 0 Å². The number of rotatable bonds is 2. The molecule has 5 heteroatoms. The number of anilines is 3. The third-order valence-electron chi connectivity index (χ3n) is 2.21. The molecular weight excluding hydrogens is 268 g/mol. The molecule has 4 nitrogen and oxygen atoms in total. The van der Waals surface area contributed by atoms with Gasteiger partial charge in [0.05, 0.1) is 17.6 Å². The molecule has 0 aliphatic rings. The standard InChI is InChI=1S/C11H11BrN4/c1-16(9-3-2-4-14-7-9)11-10(13)5-8(12)6-15-11/h2-7H,13H2,1H3. The first-order valence-corrected chi connectivity index (χ1v) is 5.52. The third kappa shape index (κ3) is 2.14. The molecule has 0 saturated heterocycles. The van der Waals surface area contributed by atoms with Crippen LogP contribution in [0.2, 0.25) is 0 Å². The van der Waals surface area contributed by atoms with Crippen molar-refractivity contribution >= 4 is 33.1 Å². The first kappa shape index (κ1) is 10.9. The summed E-state index contributed by atoms with van der Waals surface area (Å²) in [4.78, 5) is 10.2. The molecule has 2 heterocycles. The Morgan fingerprint density at radius 3 is 2.81 bits per heavy atom. The summed E-state index contributed by atoms with van der Waals surface area (Å²) < 4.78 is 0.869. The molecule has 2 N–H and O–H groups in total. The summed E-state index contributed by atoms with van der Waals surface area (Å²) in [6.45, 7) is 0. The Bertz CT molecular complexity index is 487. The van der Waals surface area contributed by atoms with Gasteiger partial charge in [-0.15, -0.1) is 0 Å². The normalized spacial score (nSPS) is 10.1. The second-order valence-corrected chi connectivity index (χ2v) is 4.25. The number of nitrogens with zero attached hydrogens (tertiary/aromatic N) is 3. The van der Waals surface area contributed by atoms with Gasteiger partial charge in [-0.05, 0) is 34.1 Å². The first-order chi connectivity index (χ1) is 7.68. The van der Waals surface area contributed by atoms with Crippen molar-refractivity contribution in [1.82, 2.24) is 9.97 Å². The van der Waals surface area contributed by atoms with Crippen molar-refractivity contribution in [3.8, 4) is 0 Å². The van der Waals surface area contributed by atoms with Crippen LogP contribution in [0.4, 0.5) is 17.2 Å². The smallest absolute Gasteiger partial charge is 0.156 e. The van der Waals surface area contributed by atoms with E-state index >= 15 is 0 Å². The van der Waals surface area contributed by atoms with E-state index in [1.165, 1.54) is 0 Å². The van der Waals surface area contributed by atoms with Gasteiger partial charge in [0.25, 0.3) is 0 Å². The van der Waals surface area contributed by atoms with Gasteiger partial charge in [0.15, 0.2) is 5.82 Å². The van der Waals surface area contributed by atoms with Gasteiger partial charge >= 0.3 is 0 Å². The molecule has 2 aromatic rings. The predicted molar refractivity (Wildman–Crippen MR) is 68.6 cm³/mol. The van der Waals surface area contributed by atoms with E-state index in [2.05, 4.69) is 25.9 Å². The molecule has 0 unspecified atom stereocenters. The number of halogens is 1. The molecule has 0 amide bonds. The fourth-order valence-electron chi connectivity index (χ4n) is 1.40. The van der Waals surface area contributed by atoms with Crippen molar-refractivity contribution in [2.24, 2.45) is 0 Å². The molecule has 2 aromatic heterocycles. The van der Waals surface area contributed by atoms with Crippen molar-refractivity contribution in [3.63, 3.8) is 0 Å². The topological polar surface area (TPSA) is 55.0 Å². The second-order valence-electron chi connectivity index (χ2n) is 3.34. The molecule has 16 heavy (non-hydrogen) atoms. The minimum absolute atomic E-state index is 0.626. The third-order valence-corrected chi connectivity index (χ3v) is 2.65. The van der Waals surface area contributed by atoms with Crippen molar-refractivity contribution in [2.45, 2.75) is 0 Å². The van der Waals surface area contributed by atoms with Crippen LogP contribution in [0.15, 0.2) is 41.3 Å². The Labute approximate surface area is 102 Å². The number of hydrogen-bond acceptors (Lipinski definition) is 4. The van der Waals surface area contributed by atoms with E-state index in [9.17, 15) is 0 Å². The second kappa shape index (κ2) is 4.49. The number of nitrogen functional groups attached to an aromatic ring is 1. The zero-order chi connectivity index (χ0) is 11.5. The van der Waals surface area contributed by atoms with E-state index < -0.39 is 0 Å². The van der Waals surface area contributed by atoms with Crippen molar-refractivity contribution in [3.05, 3.63) is 41.3 Å². The molecule has 82 valence electrons. The van der Waals surface area contributed by atoms with Crippen molar-refractivity contribution < 1.29 is 0 Å². The van der Waals surface area contributed by atoms with E-state index in [0.29, 0.717) is 5.69 Å². The average molecular weight is 279 g/mol. The predicted octanol–water partition coefficient (Wildman–Crippen LogP) is 2.59. The summed E-state index contributed by atoms with van der Waals surface area (Å²) >= 11 is 3.33. The molecule has 0 aliphatic carbocycles. The van der Waals surface area contributed by atoms with Crippen molar-refractivity contribution in [1.29, 1.82) is 0 Å². The van der Waals surface area contributed by atoms with Gasteiger partial charge in [-0.25, -0.2) is 4.98 Å². The molecule has 0 spiro atoms. The number of aromatic nitrogens is 2. The van der Waals surface area contributed by atoms with Crippen LogP contribution in [-0.4, -0.2) is 17.0 Å². The Morgan fingerprint density at radius 1 is 1.38 bits per heavy atom. The van der Waals surface area contributed by atoms with E-state index in [0.717, 1.165) is 16.0 Å². The summed E-state index contributed by atoms with van der Waals surface area (Å²) in [5, 5.41) is 0. The molecule has 0 radical (unpaired) electrons. The van der Waals surface area contributed by atoms with Crippen LogP contribution >= 0.6 is 15.9 Å². The number of hydrogen-bond donors (Lipinski definition) is 1. The van der Waals surface area contributed by atoms with Crippen LogP contribution < -0.4 is 10.6 Å². The van der Waals surface area contributed by atoms with Gasteiger partial charge in [-0.3, -0.25) is 4.98 Å². The zero-order valence-electron chi connectivity index (χ0n) is 8.76. The van der Waals surface area contributed by atoms with Crippen LogP contribution in [0.5, 0.6) is 0 Å². The maximum Gasteiger partial charge on any atom is 0.156 e. The highest BCUT2D eigenvalue weighted by Crippen LogP contribution is 2.27.